The zero-order valence-electron chi connectivity index (χ0n) is 13.2. The molecule has 3 aromatic rings. The lowest BCUT2D eigenvalue weighted by molar-refractivity contribution is 0.102. The van der Waals surface area contributed by atoms with E-state index in [1.165, 1.54) is 12.1 Å². The second-order valence-corrected chi connectivity index (χ2v) is 8.28. The Bertz CT molecular complexity index is 1020. The van der Waals surface area contributed by atoms with Crippen LogP contribution >= 0.6 is 22.9 Å². The summed E-state index contributed by atoms with van der Waals surface area (Å²) in [4.78, 5) is 12.1. The van der Waals surface area contributed by atoms with Crippen molar-refractivity contribution in [2.75, 3.05) is 5.32 Å². The van der Waals surface area contributed by atoms with Gasteiger partial charge in [0, 0.05) is 5.69 Å². The van der Waals surface area contributed by atoms with E-state index >= 15 is 0 Å². The topological polar surface area (TPSA) is 101 Å². The van der Waals surface area contributed by atoms with Crippen molar-refractivity contribution in [2.45, 2.75) is 11.4 Å². The molecule has 26 heavy (non-hydrogen) atoms. The zero-order chi connectivity index (χ0) is 18.6. The molecule has 0 saturated heterocycles. The SMILES string of the molecule is O=C(Nc1ccccc1)c1nnc(CNS(=O)(=O)c2ccccc2Cl)s1. The smallest absolute Gasteiger partial charge is 0.286 e. The van der Waals surface area contributed by atoms with Gasteiger partial charge in [-0.2, -0.15) is 0 Å². The molecule has 0 spiro atoms. The molecule has 1 heterocycles. The number of anilines is 1. The van der Waals surface area contributed by atoms with Crippen molar-refractivity contribution < 1.29 is 13.2 Å². The highest BCUT2D eigenvalue weighted by Crippen LogP contribution is 2.21. The number of carbonyl (C=O) groups excluding carboxylic acids is 1. The second kappa shape index (κ2) is 7.92. The number of aromatic nitrogens is 2. The van der Waals surface area contributed by atoms with Crippen LogP contribution in [0.4, 0.5) is 5.69 Å². The third-order valence-electron chi connectivity index (χ3n) is 3.23. The van der Waals surface area contributed by atoms with Crippen molar-refractivity contribution in [2.24, 2.45) is 0 Å². The van der Waals surface area contributed by atoms with E-state index in [0.717, 1.165) is 11.3 Å². The lowest BCUT2D eigenvalue weighted by atomic mass is 10.3. The predicted molar refractivity (Wildman–Crippen MR) is 99.8 cm³/mol. The number of hydrogen-bond donors (Lipinski definition) is 2. The fourth-order valence-corrected chi connectivity index (χ4v) is 4.29. The van der Waals surface area contributed by atoms with E-state index in [0.29, 0.717) is 10.7 Å². The molecular weight excluding hydrogens is 396 g/mol. The molecule has 10 heteroatoms. The number of nitrogens with one attached hydrogen (secondary N) is 2. The Morgan fingerprint density at radius 2 is 1.73 bits per heavy atom. The molecule has 0 fully saturated rings. The minimum Gasteiger partial charge on any atom is -0.320 e. The van der Waals surface area contributed by atoms with Gasteiger partial charge in [-0.15, -0.1) is 10.2 Å². The summed E-state index contributed by atoms with van der Waals surface area (Å²) in [6, 6.07) is 15.0. The maximum atomic E-state index is 12.3. The Balaban J connectivity index is 1.65. The van der Waals surface area contributed by atoms with E-state index in [4.69, 9.17) is 11.6 Å². The highest BCUT2D eigenvalue weighted by Gasteiger charge is 2.19. The normalized spacial score (nSPS) is 11.3. The summed E-state index contributed by atoms with van der Waals surface area (Å²) in [5.41, 5.74) is 0.633. The van der Waals surface area contributed by atoms with Gasteiger partial charge in [-0.3, -0.25) is 4.79 Å². The summed E-state index contributed by atoms with van der Waals surface area (Å²) in [5, 5.41) is 11.0. The van der Waals surface area contributed by atoms with Crippen LogP contribution in [0.2, 0.25) is 5.02 Å². The summed E-state index contributed by atoms with van der Waals surface area (Å²) in [5.74, 6) is -0.408. The third-order valence-corrected chi connectivity index (χ3v) is 6.06. The van der Waals surface area contributed by atoms with Gasteiger partial charge in [0.25, 0.3) is 5.91 Å². The minimum absolute atomic E-state index is 0.0202. The van der Waals surface area contributed by atoms with Gasteiger partial charge in [-0.25, -0.2) is 13.1 Å². The quantitative estimate of drug-likeness (QED) is 0.653. The summed E-state index contributed by atoms with van der Waals surface area (Å²) in [6.07, 6.45) is 0. The lowest BCUT2D eigenvalue weighted by Crippen LogP contribution is -2.23. The van der Waals surface area contributed by atoms with Crippen molar-refractivity contribution in [3.63, 3.8) is 0 Å². The first-order chi connectivity index (χ1) is 12.5. The zero-order valence-corrected chi connectivity index (χ0v) is 15.6. The molecule has 2 aromatic carbocycles. The van der Waals surface area contributed by atoms with E-state index in [1.807, 2.05) is 6.07 Å². The first-order valence-electron chi connectivity index (χ1n) is 7.39. The van der Waals surface area contributed by atoms with Crippen molar-refractivity contribution in [3.8, 4) is 0 Å². The maximum absolute atomic E-state index is 12.3. The second-order valence-electron chi connectivity index (χ2n) is 5.08. The van der Waals surface area contributed by atoms with Crippen LogP contribution in [-0.4, -0.2) is 24.5 Å². The molecule has 134 valence electrons. The van der Waals surface area contributed by atoms with E-state index in [-0.39, 0.29) is 21.5 Å². The Morgan fingerprint density at radius 1 is 1.04 bits per heavy atom. The Kier molecular flexibility index (Phi) is 5.62. The van der Waals surface area contributed by atoms with Crippen LogP contribution < -0.4 is 10.0 Å². The molecule has 3 rings (SSSR count). The van der Waals surface area contributed by atoms with E-state index in [9.17, 15) is 13.2 Å². The molecule has 0 saturated carbocycles. The minimum atomic E-state index is -3.79. The molecule has 7 nitrogen and oxygen atoms in total. The summed E-state index contributed by atoms with van der Waals surface area (Å²) in [7, 11) is -3.79. The van der Waals surface area contributed by atoms with Crippen LogP contribution in [0.25, 0.3) is 0 Å². The number of benzene rings is 2. The van der Waals surface area contributed by atoms with E-state index < -0.39 is 15.9 Å². The number of carbonyl (C=O) groups is 1. The molecule has 0 unspecified atom stereocenters. The Hall–Kier alpha value is -2.33. The molecule has 0 bridgehead atoms. The van der Waals surface area contributed by atoms with Crippen molar-refractivity contribution >= 4 is 44.6 Å². The molecule has 0 aliphatic carbocycles. The molecule has 0 aliphatic heterocycles. The average molecular weight is 409 g/mol. The number of halogens is 1. The summed E-state index contributed by atoms with van der Waals surface area (Å²) < 4.78 is 27.0. The maximum Gasteiger partial charge on any atom is 0.286 e. The van der Waals surface area contributed by atoms with Gasteiger partial charge < -0.3 is 5.32 Å². The summed E-state index contributed by atoms with van der Waals surface area (Å²) >= 11 is 6.92. The number of para-hydroxylation sites is 1. The molecule has 1 amide bonds. The first kappa shape index (κ1) is 18.5. The van der Waals surface area contributed by atoms with E-state index in [1.54, 1.807) is 36.4 Å². The first-order valence-corrected chi connectivity index (χ1v) is 10.1. The van der Waals surface area contributed by atoms with Crippen LogP contribution in [0.5, 0.6) is 0 Å². The van der Waals surface area contributed by atoms with Gasteiger partial charge in [-0.05, 0) is 24.3 Å². The Morgan fingerprint density at radius 3 is 2.46 bits per heavy atom. The standard InChI is InChI=1S/C16H13ClN4O3S2/c17-12-8-4-5-9-13(12)26(23,24)18-10-14-20-21-16(25-14)15(22)19-11-6-2-1-3-7-11/h1-9,18H,10H2,(H,19,22). The van der Waals surface area contributed by atoms with Crippen molar-refractivity contribution in [3.05, 3.63) is 69.6 Å². The van der Waals surface area contributed by atoms with Crippen LogP contribution in [0.1, 0.15) is 14.8 Å². The van der Waals surface area contributed by atoms with Gasteiger partial charge in [-0.1, -0.05) is 53.3 Å². The molecular formula is C16H13ClN4O3S2. The van der Waals surface area contributed by atoms with Gasteiger partial charge in [0.15, 0.2) is 0 Å². The Labute approximate surface area is 159 Å². The van der Waals surface area contributed by atoms with Crippen molar-refractivity contribution in [1.82, 2.24) is 14.9 Å². The van der Waals surface area contributed by atoms with Crippen molar-refractivity contribution in [1.29, 1.82) is 0 Å². The number of sulfonamides is 1. The van der Waals surface area contributed by atoms with Crippen LogP contribution in [0, 0.1) is 0 Å². The van der Waals surface area contributed by atoms with Gasteiger partial charge in [0.05, 0.1) is 11.6 Å². The summed E-state index contributed by atoms with van der Waals surface area (Å²) in [6.45, 7) is -0.0934. The molecule has 0 atom stereocenters. The lowest BCUT2D eigenvalue weighted by Gasteiger charge is -2.06. The fraction of sp³-hybridized carbons (Fsp3) is 0.0625. The molecule has 2 N–H and O–H groups in total. The van der Waals surface area contributed by atoms with Crippen LogP contribution in [-0.2, 0) is 16.6 Å². The molecule has 1 aromatic heterocycles. The number of rotatable bonds is 6. The average Bonchev–Trinajstić information content (AvgIpc) is 3.10. The number of nitrogens with zero attached hydrogens (tertiary/aromatic N) is 2. The third kappa shape index (κ3) is 4.44. The van der Waals surface area contributed by atoms with Crippen LogP contribution in [0.15, 0.2) is 59.5 Å². The monoisotopic (exact) mass is 408 g/mol. The molecule has 0 radical (unpaired) electrons. The number of hydrogen-bond acceptors (Lipinski definition) is 6. The fourth-order valence-electron chi connectivity index (χ4n) is 2.02. The van der Waals surface area contributed by atoms with Gasteiger partial charge >= 0.3 is 0 Å². The van der Waals surface area contributed by atoms with Crippen LogP contribution in [0.3, 0.4) is 0 Å². The highest BCUT2D eigenvalue weighted by atomic mass is 35.5. The van der Waals surface area contributed by atoms with Gasteiger partial charge in [0.2, 0.25) is 15.0 Å². The highest BCUT2D eigenvalue weighted by molar-refractivity contribution is 7.89. The van der Waals surface area contributed by atoms with E-state index in [2.05, 4.69) is 20.2 Å². The molecule has 0 aliphatic rings. The van der Waals surface area contributed by atoms with Gasteiger partial charge in [0.1, 0.15) is 9.90 Å². The predicted octanol–water partition coefficient (Wildman–Crippen LogP) is 2.92. The largest absolute Gasteiger partial charge is 0.320 e. The number of amides is 1.